The lowest BCUT2D eigenvalue weighted by Gasteiger charge is -2.10. The van der Waals surface area contributed by atoms with Crippen molar-refractivity contribution < 1.29 is 0 Å². The maximum absolute atomic E-state index is 5.45. The minimum Gasteiger partial charge on any atom is -0.369 e. The fourth-order valence-electron chi connectivity index (χ4n) is 1.63. The molecule has 0 aliphatic heterocycles. The number of halogens is 1. The van der Waals surface area contributed by atoms with Crippen LogP contribution >= 0.6 is 15.9 Å². The van der Waals surface area contributed by atoms with Crippen molar-refractivity contribution in [2.45, 2.75) is 6.92 Å². The molecule has 0 saturated heterocycles. The van der Waals surface area contributed by atoms with E-state index in [4.69, 9.17) is 5.73 Å². The first kappa shape index (κ1) is 13.8. The van der Waals surface area contributed by atoms with Gasteiger partial charge in [0.2, 0.25) is 0 Å². The zero-order valence-electron chi connectivity index (χ0n) is 10.7. The third kappa shape index (κ3) is 3.90. The number of aromatic nitrogens is 2. The summed E-state index contributed by atoms with van der Waals surface area (Å²) < 4.78 is 1.06. The second kappa shape index (κ2) is 6.49. The maximum Gasteiger partial charge on any atom is 0.135 e. The molecule has 4 N–H and O–H groups in total. The van der Waals surface area contributed by atoms with E-state index in [1.54, 1.807) is 0 Å². The highest BCUT2D eigenvalue weighted by Crippen LogP contribution is 2.23. The van der Waals surface area contributed by atoms with Gasteiger partial charge in [0.15, 0.2) is 0 Å². The molecule has 19 heavy (non-hydrogen) atoms. The summed E-state index contributed by atoms with van der Waals surface area (Å²) in [5, 5.41) is 6.39. The molecule has 0 amide bonds. The lowest BCUT2D eigenvalue weighted by Crippen LogP contribution is -2.14. The fourth-order valence-corrected chi connectivity index (χ4v) is 2.10. The highest BCUT2D eigenvalue weighted by Gasteiger charge is 2.02. The van der Waals surface area contributed by atoms with E-state index in [0.29, 0.717) is 13.1 Å². The number of nitrogens with one attached hydrogen (secondary N) is 2. The highest BCUT2D eigenvalue weighted by atomic mass is 79.9. The SMILES string of the molecule is Cc1cc(Br)ccc1Nc1cc(NCCN)ncn1. The third-order valence-electron chi connectivity index (χ3n) is 2.57. The van der Waals surface area contributed by atoms with Gasteiger partial charge in [0.05, 0.1) is 0 Å². The topological polar surface area (TPSA) is 75.9 Å². The molecule has 0 atom stereocenters. The van der Waals surface area contributed by atoms with E-state index in [0.717, 1.165) is 27.4 Å². The van der Waals surface area contributed by atoms with Crippen molar-refractivity contribution in [2.75, 3.05) is 23.7 Å². The van der Waals surface area contributed by atoms with Gasteiger partial charge in [-0.2, -0.15) is 0 Å². The largest absolute Gasteiger partial charge is 0.369 e. The Morgan fingerprint density at radius 1 is 1.21 bits per heavy atom. The van der Waals surface area contributed by atoms with Crippen LogP contribution in [0.3, 0.4) is 0 Å². The average molecular weight is 322 g/mol. The number of benzene rings is 1. The summed E-state index contributed by atoms with van der Waals surface area (Å²) in [6, 6.07) is 7.91. The summed E-state index contributed by atoms with van der Waals surface area (Å²) in [6.07, 6.45) is 1.52. The zero-order chi connectivity index (χ0) is 13.7. The van der Waals surface area contributed by atoms with Crippen molar-refractivity contribution in [1.29, 1.82) is 0 Å². The van der Waals surface area contributed by atoms with Gasteiger partial charge in [-0.05, 0) is 30.7 Å². The molecule has 0 aliphatic rings. The highest BCUT2D eigenvalue weighted by molar-refractivity contribution is 9.10. The van der Waals surface area contributed by atoms with Crippen LogP contribution in [0.5, 0.6) is 0 Å². The predicted molar refractivity (Wildman–Crippen MR) is 81.7 cm³/mol. The van der Waals surface area contributed by atoms with Gasteiger partial charge in [0.1, 0.15) is 18.0 Å². The Kier molecular flexibility index (Phi) is 4.70. The fraction of sp³-hybridized carbons (Fsp3) is 0.231. The molecule has 0 saturated carbocycles. The second-order valence-electron chi connectivity index (χ2n) is 4.09. The summed E-state index contributed by atoms with van der Waals surface area (Å²) in [5.74, 6) is 1.51. The van der Waals surface area contributed by atoms with Crippen molar-refractivity contribution in [2.24, 2.45) is 5.73 Å². The van der Waals surface area contributed by atoms with Gasteiger partial charge >= 0.3 is 0 Å². The first-order valence-corrected chi connectivity index (χ1v) is 6.77. The van der Waals surface area contributed by atoms with Crippen LogP contribution in [0.15, 0.2) is 35.1 Å². The summed E-state index contributed by atoms with van der Waals surface area (Å²) in [7, 11) is 0. The Hall–Kier alpha value is -1.66. The van der Waals surface area contributed by atoms with Crippen LogP contribution in [-0.4, -0.2) is 23.1 Å². The van der Waals surface area contributed by atoms with Crippen LogP contribution in [0.2, 0.25) is 0 Å². The Labute approximate surface area is 120 Å². The molecule has 1 aromatic heterocycles. The van der Waals surface area contributed by atoms with E-state index in [-0.39, 0.29) is 0 Å². The van der Waals surface area contributed by atoms with Gasteiger partial charge in [0, 0.05) is 29.3 Å². The molecular weight excluding hydrogens is 306 g/mol. The molecule has 1 heterocycles. The van der Waals surface area contributed by atoms with E-state index in [2.05, 4.69) is 42.6 Å². The van der Waals surface area contributed by atoms with Crippen molar-refractivity contribution in [1.82, 2.24) is 9.97 Å². The Morgan fingerprint density at radius 3 is 2.74 bits per heavy atom. The molecule has 100 valence electrons. The molecule has 0 aliphatic carbocycles. The van der Waals surface area contributed by atoms with Crippen LogP contribution in [-0.2, 0) is 0 Å². The van der Waals surface area contributed by atoms with Crippen molar-refractivity contribution in [3.8, 4) is 0 Å². The summed E-state index contributed by atoms with van der Waals surface area (Å²) in [5.41, 5.74) is 7.61. The normalized spacial score (nSPS) is 10.3. The van der Waals surface area contributed by atoms with Crippen molar-refractivity contribution >= 4 is 33.3 Å². The van der Waals surface area contributed by atoms with E-state index in [1.807, 2.05) is 25.1 Å². The number of nitrogens with two attached hydrogens (primary N) is 1. The molecule has 6 heteroatoms. The van der Waals surface area contributed by atoms with Gasteiger partial charge in [-0.3, -0.25) is 0 Å². The summed E-state index contributed by atoms with van der Waals surface area (Å²) in [4.78, 5) is 8.33. The molecule has 0 fully saturated rings. The van der Waals surface area contributed by atoms with E-state index in [1.165, 1.54) is 6.33 Å². The Bertz CT molecular complexity index is 558. The number of anilines is 3. The first-order valence-electron chi connectivity index (χ1n) is 5.98. The summed E-state index contributed by atoms with van der Waals surface area (Å²) >= 11 is 3.45. The zero-order valence-corrected chi connectivity index (χ0v) is 12.2. The number of hydrogen-bond donors (Lipinski definition) is 3. The quantitative estimate of drug-likeness (QED) is 0.789. The Balaban J connectivity index is 2.14. The molecule has 5 nitrogen and oxygen atoms in total. The maximum atomic E-state index is 5.45. The van der Waals surface area contributed by atoms with E-state index < -0.39 is 0 Å². The molecule has 2 rings (SSSR count). The molecule has 1 aromatic carbocycles. The van der Waals surface area contributed by atoms with Crippen LogP contribution < -0.4 is 16.4 Å². The minimum atomic E-state index is 0.568. The van der Waals surface area contributed by atoms with E-state index >= 15 is 0 Å². The van der Waals surface area contributed by atoms with Crippen LogP contribution in [0, 0.1) is 6.92 Å². The van der Waals surface area contributed by atoms with Crippen LogP contribution in [0.4, 0.5) is 17.3 Å². The van der Waals surface area contributed by atoms with Gasteiger partial charge < -0.3 is 16.4 Å². The van der Waals surface area contributed by atoms with Gasteiger partial charge in [-0.1, -0.05) is 15.9 Å². The van der Waals surface area contributed by atoms with Crippen molar-refractivity contribution in [3.05, 3.63) is 40.6 Å². The second-order valence-corrected chi connectivity index (χ2v) is 5.00. The molecule has 0 spiro atoms. The Morgan fingerprint density at radius 2 is 2.00 bits per heavy atom. The number of nitrogens with zero attached hydrogens (tertiary/aromatic N) is 2. The predicted octanol–water partition coefficient (Wildman–Crippen LogP) is 2.66. The molecular formula is C13H16BrN5. The first-order chi connectivity index (χ1) is 9.19. The lowest BCUT2D eigenvalue weighted by molar-refractivity contribution is 1.00. The monoisotopic (exact) mass is 321 g/mol. The standard InChI is InChI=1S/C13H16BrN5/c1-9-6-10(14)2-3-11(9)19-13-7-12(16-5-4-15)17-8-18-13/h2-3,6-8H,4-5,15H2,1H3,(H2,16,17,18,19). The van der Waals surface area contributed by atoms with E-state index in [9.17, 15) is 0 Å². The van der Waals surface area contributed by atoms with Gasteiger partial charge in [-0.25, -0.2) is 9.97 Å². The smallest absolute Gasteiger partial charge is 0.135 e. The number of hydrogen-bond acceptors (Lipinski definition) is 5. The number of aryl methyl sites for hydroxylation is 1. The number of rotatable bonds is 5. The van der Waals surface area contributed by atoms with Crippen LogP contribution in [0.25, 0.3) is 0 Å². The van der Waals surface area contributed by atoms with Gasteiger partial charge in [-0.15, -0.1) is 0 Å². The van der Waals surface area contributed by atoms with Crippen LogP contribution in [0.1, 0.15) is 5.56 Å². The third-order valence-corrected chi connectivity index (χ3v) is 3.06. The minimum absolute atomic E-state index is 0.568. The van der Waals surface area contributed by atoms with Crippen molar-refractivity contribution in [3.63, 3.8) is 0 Å². The molecule has 0 unspecified atom stereocenters. The lowest BCUT2D eigenvalue weighted by atomic mass is 10.2. The molecule has 0 radical (unpaired) electrons. The molecule has 2 aromatic rings. The van der Waals surface area contributed by atoms with Gasteiger partial charge in [0.25, 0.3) is 0 Å². The average Bonchev–Trinajstić information content (AvgIpc) is 2.40. The molecule has 0 bridgehead atoms. The summed E-state index contributed by atoms with van der Waals surface area (Å²) in [6.45, 7) is 3.30.